The molecule has 0 bridgehead atoms. The molecule has 1 aromatic heterocycles. The Labute approximate surface area is 115 Å². The molecule has 1 heterocycles. The van der Waals surface area contributed by atoms with Gasteiger partial charge in [0.2, 0.25) is 0 Å². The number of thioether (sulfide) groups is 1. The first-order chi connectivity index (χ1) is 8.61. The number of hydrogen-bond donors (Lipinski definition) is 1. The van der Waals surface area contributed by atoms with Gasteiger partial charge in [0, 0.05) is 17.5 Å². The summed E-state index contributed by atoms with van der Waals surface area (Å²) in [6.45, 7) is 8.04. The molecular formula is C15H24N2S. The average molecular weight is 264 g/mol. The Kier molecular flexibility index (Phi) is 4.68. The summed E-state index contributed by atoms with van der Waals surface area (Å²) in [4.78, 5) is 4.45. The molecule has 0 aliphatic heterocycles. The number of nitrogens with one attached hydrogen (secondary N) is 1. The first-order valence-electron chi connectivity index (χ1n) is 6.92. The summed E-state index contributed by atoms with van der Waals surface area (Å²) in [6, 6.07) is 6.81. The summed E-state index contributed by atoms with van der Waals surface area (Å²) in [5.41, 5.74) is 0.471. The van der Waals surface area contributed by atoms with Gasteiger partial charge in [0.05, 0.1) is 5.03 Å². The highest BCUT2D eigenvalue weighted by atomic mass is 32.2. The van der Waals surface area contributed by atoms with Gasteiger partial charge >= 0.3 is 0 Å². The normalized spacial score (nSPS) is 27.1. The second-order valence-corrected chi connectivity index (χ2v) is 7.15. The van der Waals surface area contributed by atoms with Crippen LogP contribution in [0.5, 0.6) is 0 Å². The van der Waals surface area contributed by atoms with Crippen LogP contribution in [0.1, 0.15) is 40.0 Å². The van der Waals surface area contributed by atoms with Gasteiger partial charge in [-0.15, -0.1) is 11.8 Å². The van der Waals surface area contributed by atoms with Crippen molar-refractivity contribution in [2.75, 3.05) is 6.54 Å². The fourth-order valence-corrected chi connectivity index (χ4v) is 4.23. The van der Waals surface area contributed by atoms with E-state index in [1.807, 2.05) is 24.0 Å². The lowest BCUT2D eigenvalue weighted by atomic mass is 9.75. The molecule has 1 aliphatic carbocycles. The summed E-state index contributed by atoms with van der Waals surface area (Å²) in [5.74, 6) is 0. The summed E-state index contributed by atoms with van der Waals surface area (Å²) in [5, 5.41) is 5.44. The largest absolute Gasteiger partial charge is 0.313 e. The number of rotatable bonds is 4. The average Bonchev–Trinajstić information content (AvgIpc) is 2.34. The van der Waals surface area contributed by atoms with Crippen molar-refractivity contribution < 1.29 is 0 Å². The Bertz CT molecular complexity index is 364. The van der Waals surface area contributed by atoms with E-state index < -0.39 is 0 Å². The Morgan fingerprint density at radius 1 is 1.44 bits per heavy atom. The van der Waals surface area contributed by atoms with Gasteiger partial charge in [-0.1, -0.05) is 26.8 Å². The van der Waals surface area contributed by atoms with E-state index in [4.69, 9.17) is 0 Å². The molecular weight excluding hydrogens is 240 g/mol. The van der Waals surface area contributed by atoms with Gasteiger partial charge in [-0.05, 0) is 43.4 Å². The van der Waals surface area contributed by atoms with Crippen molar-refractivity contribution in [2.45, 2.75) is 56.4 Å². The molecule has 2 unspecified atom stereocenters. The van der Waals surface area contributed by atoms with E-state index in [9.17, 15) is 0 Å². The van der Waals surface area contributed by atoms with Crippen molar-refractivity contribution in [1.29, 1.82) is 0 Å². The number of aromatic nitrogens is 1. The maximum atomic E-state index is 4.45. The van der Waals surface area contributed by atoms with E-state index in [0.29, 0.717) is 16.7 Å². The summed E-state index contributed by atoms with van der Waals surface area (Å²) in [7, 11) is 0. The van der Waals surface area contributed by atoms with Gasteiger partial charge < -0.3 is 5.32 Å². The monoisotopic (exact) mass is 264 g/mol. The van der Waals surface area contributed by atoms with Crippen molar-refractivity contribution in [3.05, 3.63) is 24.4 Å². The molecule has 2 atom stereocenters. The topological polar surface area (TPSA) is 24.9 Å². The lowest BCUT2D eigenvalue weighted by molar-refractivity contribution is 0.215. The van der Waals surface area contributed by atoms with E-state index in [2.05, 4.69) is 43.2 Å². The fraction of sp³-hybridized carbons (Fsp3) is 0.667. The molecule has 0 amide bonds. The molecule has 1 aromatic rings. The maximum absolute atomic E-state index is 4.45. The van der Waals surface area contributed by atoms with Gasteiger partial charge in [-0.3, -0.25) is 0 Å². The Morgan fingerprint density at radius 2 is 2.28 bits per heavy atom. The molecule has 1 N–H and O–H groups in total. The molecule has 0 spiro atoms. The third-order valence-electron chi connectivity index (χ3n) is 3.71. The molecule has 18 heavy (non-hydrogen) atoms. The molecule has 0 aromatic carbocycles. The van der Waals surface area contributed by atoms with Crippen LogP contribution in [0.4, 0.5) is 0 Å². The van der Waals surface area contributed by atoms with E-state index in [1.54, 1.807) is 0 Å². The van der Waals surface area contributed by atoms with Crippen LogP contribution in [0.15, 0.2) is 29.4 Å². The van der Waals surface area contributed by atoms with Crippen LogP contribution < -0.4 is 5.32 Å². The SMILES string of the molecule is CCNC1CCC(C)(C)CC1Sc1ccccn1. The summed E-state index contributed by atoms with van der Waals surface area (Å²) in [6.07, 6.45) is 5.76. The predicted octanol–water partition coefficient (Wildman–Crippen LogP) is 3.73. The van der Waals surface area contributed by atoms with Gasteiger partial charge in [0.15, 0.2) is 0 Å². The van der Waals surface area contributed by atoms with Crippen LogP contribution in [0.2, 0.25) is 0 Å². The van der Waals surface area contributed by atoms with Crippen LogP contribution in [0, 0.1) is 5.41 Å². The second-order valence-electron chi connectivity index (χ2n) is 5.90. The van der Waals surface area contributed by atoms with E-state index in [-0.39, 0.29) is 0 Å². The molecule has 1 fully saturated rings. The molecule has 2 rings (SSSR count). The predicted molar refractivity (Wildman–Crippen MR) is 79.0 cm³/mol. The molecule has 0 radical (unpaired) electrons. The van der Waals surface area contributed by atoms with E-state index >= 15 is 0 Å². The molecule has 100 valence electrons. The minimum absolute atomic E-state index is 0.471. The number of hydrogen-bond acceptors (Lipinski definition) is 3. The molecule has 1 aliphatic rings. The lowest BCUT2D eigenvalue weighted by Gasteiger charge is -2.40. The third kappa shape index (κ3) is 3.72. The van der Waals surface area contributed by atoms with Crippen molar-refractivity contribution in [1.82, 2.24) is 10.3 Å². The Balaban J connectivity index is 2.05. The van der Waals surface area contributed by atoms with Crippen LogP contribution in [0.3, 0.4) is 0 Å². The number of nitrogens with zero attached hydrogens (tertiary/aromatic N) is 1. The zero-order valence-corrected chi connectivity index (χ0v) is 12.5. The van der Waals surface area contributed by atoms with Crippen molar-refractivity contribution in [2.24, 2.45) is 5.41 Å². The Morgan fingerprint density at radius 3 is 2.94 bits per heavy atom. The third-order valence-corrected chi connectivity index (χ3v) is 4.99. The summed E-state index contributed by atoms with van der Waals surface area (Å²) < 4.78 is 0. The van der Waals surface area contributed by atoms with Crippen molar-refractivity contribution in [3.63, 3.8) is 0 Å². The number of pyridine rings is 1. The highest BCUT2D eigenvalue weighted by molar-refractivity contribution is 7.99. The molecule has 1 saturated carbocycles. The Hall–Kier alpha value is -0.540. The van der Waals surface area contributed by atoms with Gasteiger partial charge in [0.1, 0.15) is 0 Å². The first kappa shape index (κ1) is 13.9. The van der Waals surface area contributed by atoms with Crippen molar-refractivity contribution in [3.8, 4) is 0 Å². The van der Waals surface area contributed by atoms with Gasteiger partial charge in [0.25, 0.3) is 0 Å². The first-order valence-corrected chi connectivity index (χ1v) is 7.80. The van der Waals surface area contributed by atoms with Gasteiger partial charge in [-0.2, -0.15) is 0 Å². The smallest absolute Gasteiger partial charge is 0.0963 e. The fourth-order valence-electron chi connectivity index (χ4n) is 2.71. The minimum Gasteiger partial charge on any atom is -0.313 e. The van der Waals surface area contributed by atoms with Gasteiger partial charge in [-0.25, -0.2) is 4.98 Å². The quantitative estimate of drug-likeness (QED) is 0.897. The lowest BCUT2D eigenvalue weighted by Crippen LogP contribution is -2.44. The van der Waals surface area contributed by atoms with Crippen molar-refractivity contribution >= 4 is 11.8 Å². The van der Waals surface area contributed by atoms with Crippen LogP contribution in [-0.2, 0) is 0 Å². The highest BCUT2D eigenvalue weighted by Crippen LogP contribution is 2.42. The minimum atomic E-state index is 0.471. The molecule has 3 heteroatoms. The second kappa shape index (κ2) is 6.07. The molecule has 0 saturated heterocycles. The standard InChI is InChI=1S/C15H24N2S/c1-4-16-12-8-9-15(2,3)11-13(12)18-14-7-5-6-10-17-14/h5-7,10,12-13,16H,4,8-9,11H2,1-3H3. The molecule has 2 nitrogen and oxygen atoms in total. The van der Waals surface area contributed by atoms with E-state index in [0.717, 1.165) is 11.6 Å². The van der Waals surface area contributed by atoms with Crippen LogP contribution in [0.25, 0.3) is 0 Å². The van der Waals surface area contributed by atoms with E-state index in [1.165, 1.54) is 19.3 Å². The van der Waals surface area contributed by atoms with Crippen LogP contribution >= 0.6 is 11.8 Å². The van der Waals surface area contributed by atoms with Crippen LogP contribution in [-0.4, -0.2) is 22.8 Å². The maximum Gasteiger partial charge on any atom is 0.0963 e. The highest BCUT2D eigenvalue weighted by Gasteiger charge is 2.35. The summed E-state index contributed by atoms with van der Waals surface area (Å²) >= 11 is 1.94. The zero-order valence-electron chi connectivity index (χ0n) is 11.6. The zero-order chi connectivity index (χ0) is 13.0.